The Hall–Kier alpha value is -2.24. The minimum Gasteiger partial charge on any atom is -0.497 e. The van der Waals surface area contributed by atoms with E-state index in [1.54, 1.807) is 34.8 Å². The summed E-state index contributed by atoms with van der Waals surface area (Å²) in [5.41, 5.74) is 0.442. The molecule has 1 N–H and O–H groups in total. The fourth-order valence-corrected chi connectivity index (χ4v) is 2.50. The number of benzene rings is 1. The molecule has 1 aromatic carbocycles. The van der Waals surface area contributed by atoms with Gasteiger partial charge in [0.25, 0.3) is 0 Å². The molecule has 6 nitrogen and oxygen atoms in total. The Morgan fingerprint density at radius 1 is 1.24 bits per heavy atom. The van der Waals surface area contributed by atoms with Crippen LogP contribution in [-0.4, -0.2) is 41.7 Å². The molecular weight excluding hydrogens is 320 g/mol. The van der Waals surface area contributed by atoms with E-state index in [0.29, 0.717) is 6.54 Å². The average Bonchev–Trinajstić information content (AvgIpc) is 3.35. The van der Waals surface area contributed by atoms with E-state index in [2.05, 4.69) is 5.32 Å². The van der Waals surface area contributed by atoms with E-state index in [-0.39, 0.29) is 11.9 Å². The molecule has 0 bridgehead atoms. The Bertz CT molecular complexity index is 603. The Balaban J connectivity index is 1.98. The summed E-state index contributed by atoms with van der Waals surface area (Å²) in [5, 5.41) is 2.63. The molecule has 138 valence electrons. The highest BCUT2D eigenvalue weighted by Crippen LogP contribution is 2.29. The minimum absolute atomic E-state index is 0.0934. The smallest absolute Gasteiger partial charge is 0.408 e. The number of methoxy groups -OCH3 is 1. The Morgan fingerprint density at radius 3 is 2.32 bits per heavy atom. The lowest BCUT2D eigenvalue weighted by molar-refractivity contribution is -0.134. The molecule has 25 heavy (non-hydrogen) atoms. The Morgan fingerprint density at radius 2 is 1.84 bits per heavy atom. The maximum Gasteiger partial charge on any atom is 0.408 e. The van der Waals surface area contributed by atoms with Gasteiger partial charge in [-0.3, -0.25) is 4.79 Å². The Kier molecular flexibility index (Phi) is 5.93. The molecule has 0 saturated heterocycles. The molecule has 1 fully saturated rings. The first-order chi connectivity index (χ1) is 11.7. The van der Waals surface area contributed by atoms with Crippen LogP contribution >= 0.6 is 0 Å². The van der Waals surface area contributed by atoms with E-state index in [1.807, 2.05) is 29.2 Å². The van der Waals surface area contributed by atoms with Crippen LogP contribution in [0.3, 0.4) is 0 Å². The lowest BCUT2D eigenvalue weighted by Crippen LogP contribution is -2.48. The van der Waals surface area contributed by atoms with Crippen LogP contribution < -0.4 is 10.1 Å². The molecule has 1 aliphatic rings. The SMILES string of the molecule is COc1ccc(CN(C(=O)[C@@H](C)NC(=O)OC(C)(C)C)C2CC2)cc1. The monoisotopic (exact) mass is 348 g/mol. The van der Waals surface area contributed by atoms with Crippen LogP contribution in [0, 0.1) is 0 Å². The van der Waals surface area contributed by atoms with Crippen molar-refractivity contribution in [2.75, 3.05) is 7.11 Å². The second kappa shape index (κ2) is 7.76. The molecule has 0 aliphatic heterocycles. The van der Waals surface area contributed by atoms with Gasteiger partial charge in [0.15, 0.2) is 0 Å². The largest absolute Gasteiger partial charge is 0.497 e. The fraction of sp³-hybridized carbons (Fsp3) is 0.579. The van der Waals surface area contributed by atoms with Crippen LogP contribution in [0.2, 0.25) is 0 Å². The maximum absolute atomic E-state index is 12.8. The highest BCUT2D eigenvalue weighted by Gasteiger charge is 2.35. The summed E-state index contributed by atoms with van der Waals surface area (Å²) in [6.07, 6.45) is 1.43. The molecule has 6 heteroatoms. The second-order valence-corrected chi connectivity index (χ2v) is 7.41. The number of amides is 2. The average molecular weight is 348 g/mol. The van der Waals surface area contributed by atoms with E-state index >= 15 is 0 Å². The third-order valence-corrected chi connectivity index (χ3v) is 3.89. The highest BCUT2D eigenvalue weighted by atomic mass is 16.6. The van der Waals surface area contributed by atoms with Crippen LogP contribution in [-0.2, 0) is 16.1 Å². The van der Waals surface area contributed by atoms with E-state index < -0.39 is 17.7 Å². The van der Waals surface area contributed by atoms with E-state index in [4.69, 9.17) is 9.47 Å². The van der Waals surface area contributed by atoms with E-state index in [1.165, 1.54) is 0 Å². The van der Waals surface area contributed by atoms with Crippen molar-refractivity contribution in [1.82, 2.24) is 10.2 Å². The molecule has 1 atom stereocenters. The fourth-order valence-electron chi connectivity index (χ4n) is 2.50. The van der Waals surface area contributed by atoms with Crippen molar-refractivity contribution in [3.8, 4) is 5.75 Å². The molecule has 0 spiro atoms. The molecule has 2 rings (SSSR count). The standard InChI is InChI=1S/C19H28N2O4/c1-13(20-18(23)25-19(2,3)4)17(22)21(15-8-9-15)12-14-6-10-16(24-5)11-7-14/h6-7,10-11,13,15H,8-9,12H2,1-5H3,(H,20,23)/t13-/m1/s1. The van der Waals surface area contributed by atoms with Crippen LogP contribution in [0.25, 0.3) is 0 Å². The van der Waals surface area contributed by atoms with Crippen LogP contribution in [0.15, 0.2) is 24.3 Å². The number of hydrogen-bond acceptors (Lipinski definition) is 4. The second-order valence-electron chi connectivity index (χ2n) is 7.41. The van der Waals surface area contributed by atoms with Gasteiger partial charge in [-0.15, -0.1) is 0 Å². The van der Waals surface area contributed by atoms with Crippen molar-refractivity contribution >= 4 is 12.0 Å². The first-order valence-corrected chi connectivity index (χ1v) is 8.62. The van der Waals surface area contributed by atoms with Crippen molar-refractivity contribution in [1.29, 1.82) is 0 Å². The lowest BCUT2D eigenvalue weighted by Gasteiger charge is -2.27. The van der Waals surface area contributed by atoms with Crippen LogP contribution in [0.4, 0.5) is 4.79 Å². The van der Waals surface area contributed by atoms with Crippen molar-refractivity contribution in [2.45, 2.75) is 64.8 Å². The van der Waals surface area contributed by atoms with Crippen molar-refractivity contribution in [3.63, 3.8) is 0 Å². The molecule has 0 unspecified atom stereocenters. The topological polar surface area (TPSA) is 67.9 Å². The van der Waals surface area contributed by atoms with Crippen molar-refractivity contribution in [2.24, 2.45) is 0 Å². The van der Waals surface area contributed by atoms with Gasteiger partial charge in [0.1, 0.15) is 17.4 Å². The first kappa shape index (κ1) is 19.1. The summed E-state index contributed by atoms with van der Waals surface area (Å²) in [7, 11) is 1.62. The number of rotatable bonds is 6. The predicted molar refractivity (Wildman–Crippen MR) is 95.4 cm³/mol. The summed E-state index contributed by atoms with van der Waals surface area (Å²) < 4.78 is 10.4. The summed E-state index contributed by atoms with van der Waals surface area (Å²) in [6, 6.07) is 7.28. The molecular formula is C19H28N2O4. The van der Waals surface area contributed by atoms with Crippen molar-refractivity contribution in [3.05, 3.63) is 29.8 Å². The number of hydrogen-bond donors (Lipinski definition) is 1. The number of nitrogens with zero attached hydrogens (tertiary/aromatic N) is 1. The van der Waals surface area contributed by atoms with Gasteiger partial charge in [-0.25, -0.2) is 4.79 Å². The van der Waals surface area contributed by atoms with Gasteiger partial charge in [0.05, 0.1) is 7.11 Å². The van der Waals surface area contributed by atoms with Gasteiger partial charge in [-0.1, -0.05) is 12.1 Å². The number of carbonyl (C=O) groups is 2. The zero-order valence-electron chi connectivity index (χ0n) is 15.7. The molecule has 0 heterocycles. The molecule has 1 aliphatic carbocycles. The molecule has 2 amide bonds. The van der Waals surface area contributed by atoms with Gasteiger partial charge in [0.2, 0.25) is 5.91 Å². The highest BCUT2D eigenvalue weighted by molar-refractivity contribution is 5.85. The van der Waals surface area contributed by atoms with Gasteiger partial charge in [-0.2, -0.15) is 0 Å². The van der Waals surface area contributed by atoms with E-state index in [9.17, 15) is 9.59 Å². The molecule has 0 radical (unpaired) electrons. The van der Waals surface area contributed by atoms with Gasteiger partial charge < -0.3 is 19.7 Å². The Labute approximate surface area is 149 Å². The zero-order valence-corrected chi connectivity index (χ0v) is 15.7. The third kappa shape index (κ3) is 5.96. The number of nitrogens with one attached hydrogen (secondary N) is 1. The van der Waals surface area contributed by atoms with Crippen molar-refractivity contribution < 1.29 is 19.1 Å². The minimum atomic E-state index is -0.631. The first-order valence-electron chi connectivity index (χ1n) is 8.62. The summed E-state index contributed by atoms with van der Waals surface area (Å²) in [6.45, 7) is 7.58. The lowest BCUT2D eigenvalue weighted by atomic mass is 10.2. The zero-order chi connectivity index (χ0) is 18.6. The van der Waals surface area contributed by atoms with Gasteiger partial charge in [-0.05, 0) is 58.2 Å². The quantitative estimate of drug-likeness (QED) is 0.858. The van der Waals surface area contributed by atoms with Gasteiger partial charge >= 0.3 is 6.09 Å². The summed E-state index contributed by atoms with van der Waals surface area (Å²) >= 11 is 0. The maximum atomic E-state index is 12.8. The van der Waals surface area contributed by atoms with Gasteiger partial charge in [0, 0.05) is 12.6 Å². The molecule has 0 aromatic heterocycles. The summed E-state index contributed by atoms with van der Waals surface area (Å²) in [5.74, 6) is 0.692. The predicted octanol–water partition coefficient (Wildman–Crippen LogP) is 3.10. The third-order valence-electron chi connectivity index (χ3n) is 3.89. The number of ether oxygens (including phenoxy) is 2. The molecule has 1 saturated carbocycles. The molecule has 1 aromatic rings. The van der Waals surface area contributed by atoms with Crippen LogP contribution in [0.5, 0.6) is 5.75 Å². The number of alkyl carbamates (subject to hydrolysis) is 1. The van der Waals surface area contributed by atoms with E-state index in [0.717, 1.165) is 24.2 Å². The van der Waals surface area contributed by atoms with Crippen LogP contribution in [0.1, 0.15) is 46.1 Å². The number of carbonyl (C=O) groups excluding carboxylic acids is 2. The summed E-state index contributed by atoms with van der Waals surface area (Å²) in [4.78, 5) is 26.5. The normalized spacial score (nSPS) is 15.2.